The van der Waals surface area contributed by atoms with Crippen molar-refractivity contribution in [2.24, 2.45) is 0 Å². The number of carbonyl (C=O) groups excluding carboxylic acids is 1. The third kappa shape index (κ3) is 3.42. The van der Waals surface area contributed by atoms with Crippen LogP contribution in [-0.4, -0.2) is 17.9 Å². The molecule has 0 aliphatic carbocycles. The molecule has 1 N–H and O–H groups in total. The van der Waals surface area contributed by atoms with Gasteiger partial charge in [-0.05, 0) is 38.9 Å². The molecule has 0 aliphatic rings. The van der Waals surface area contributed by atoms with Gasteiger partial charge in [0.15, 0.2) is 5.78 Å². The van der Waals surface area contributed by atoms with E-state index in [2.05, 4.69) is 24.4 Å². The SMILES string of the molecule is CCNC(C)(C)C(=O)Cc1ccc(CC)s1. The molecule has 1 aromatic rings. The Balaban J connectivity index is 2.63. The lowest BCUT2D eigenvalue weighted by molar-refractivity contribution is -0.123. The van der Waals surface area contributed by atoms with E-state index in [1.54, 1.807) is 11.3 Å². The first-order valence-corrected chi connectivity index (χ1v) is 6.67. The number of likely N-dealkylation sites (N-methyl/N-ethyl adjacent to an activating group) is 1. The highest BCUT2D eigenvalue weighted by Gasteiger charge is 2.26. The summed E-state index contributed by atoms with van der Waals surface area (Å²) >= 11 is 1.75. The third-order valence-corrected chi connectivity index (χ3v) is 3.95. The highest BCUT2D eigenvalue weighted by molar-refractivity contribution is 7.12. The van der Waals surface area contributed by atoms with E-state index in [0.717, 1.165) is 13.0 Å². The van der Waals surface area contributed by atoms with Crippen molar-refractivity contribution in [2.45, 2.75) is 46.1 Å². The maximum Gasteiger partial charge on any atom is 0.157 e. The molecule has 2 nitrogen and oxygen atoms in total. The smallest absolute Gasteiger partial charge is 0.157 e. The molecule has 0 aliphatic heterocycles. The number of Topliss-reactive ketones (excluding diaryl/α,β-unsaturated/α-hetero) is 1. The third-order valence-electron chi connectivity index (χ3n) is 2.72. The van der Waals surface area contributed by atoms with Crippen molar-refractivity contribution in [3.8, 4) is 0 Å². The van der Waals surface area contributed by atoms with Crippen LogP contribution in [0.25, 0.3) is 0 Å². The summed E-state index contributed by atoms with van der Waals surface area (Å²) in [5.74, 6) is 0.263. The fourth-order valence-electron chi connectivity index (χ4n) is 1.63. The number of ketones is 1. The van der Waals surface area contributed by atoms with E-state index >= 15 is 0 Å². The first-order chi connectivity index (χ1) is 7.49. The van der Waals surface area contributed by atoms with Gasteiger partial charge >= 0.3 is 0 Å². The zero-order valence-corrected chi connectivity index (χ0v) is 11.4. The number of nitrogens with one attached hydrogen (secondary N) is 1. The lowest BCUT2D eigenvalue weighted by Crippen LogP contribution is -2.47. The summed E-state index contributed by atoms with van der Waals surface area (Å²) < 4.78 is 0. The van der Waals surface area contributed by atoms with Crippen LogP contribution in [0.2, 0.25) is 0 Å². The molecule has 0 radical (unpaired) electrons. The van der Waals surface area contributed by atoms with E-state index in [9.17, 15) is 4.79 Å². The molecule has 0 amide bonds. The first kappa shape index (κ1) is 13.4. The number of aryl methyl sites for hydroxylation is 1. The number of carbonyl (C=O) groups is 1. The quantitative estimate of drug-likeness (QED) is 0.827. The molecule has 0 fully saturated rings. The molecule has 0 bridgehead atoms. The number of thiophene rings is 1. The second-order valence-electron chi connectivity index (χ2n) is 4.48. The normalized spacial score (nSPS) is 11.8. The van der Waals surface area contributed by atoms with Crippen molar-refractivity contribution in [1.82, 2.24) is 5.32 Å². The fourth-order valence-corrected chi connectivity index (χ4v) is 2.58. The first-order valence-electron chi connectivity index (χ1n) is 5.85. The molecule has 90 valence electrons. The lowest BCUT2D eigenvalue weighted by atomic mass is 9.96. The van der Waals surface area contributed by atoms with Crippen molar-refractivity contribution < 1.29 is 4.79 Å². The molecule has 1 heterocycles. The van der Waals surface area contributed by atoms with Crippen molar-refractivity contribution in [3.05, 3.63) is 21.9 Å². The van der Waals surface area contributed by atoms with Crippen LogP contribution in [0.15, 0.2) is 12.1 Å². The van der Waals surface area contributed by atoms with Crippen molar-refractivity contribution in [1.29, 1.82) is 0 Å². The minimum absolute atomic E-state index is 0.263. The minimum Gasteiger partial charge on any atom is -0.306 e. The summed E-state index contributed by atoms with van der Waals surface area (Å²) in [4.78, 5) is 14.6. The van der Waals surface area contributed by atoms with E-state index in [1.807, 2.05) is 20.8 Å². The van der Waals surface area contributed by atoms with Gasteiger partial charge in [0.05, 0.1) is 5.54 Å². The van der Waals surface area contributed by atoms with E-state index in [1.165, 1.54) is 9.75 Å². The van der Waals surface area contributed by atoms with Gasteiger partial charge in [-0.15, -0.1) is 11.3 Å². The maximum atomic E-state index is 12.1. The van der Waals surface area contributed by atoms with Crippen LogP contribution in [0.3, 0.4) is 0 Å². The second kappa shape index (κ2) is 5.60. The van der Waals surface area contributed by atoms with Gasteiger partial charge in [-0.2, -0.15) is 0 Å². The Bertz CT molecular complexity index is 355. The molecular weight excluding hydrogens is 218 g/mol. The van der Waals surface area contributed by atoms with Crippen LogP contribution in [-0.2, 0) is 17.6 Å². The number of hydrogen-bond acceptors (Lipinski definition) is 3. The van der Waals surface area contributed by atoms with Gasteiger partial charge in [-0.25, -0.2) is 0 Å². The van der Waals surface area contributed by atoms with Gasteiger partial charge in [0.1, 0.15) is 0 Å². The van der Waals surface area contributed by atoms with E-state index in [-0.39, 0.29) is 5.78 Å². The largest absolute Gasteiger partial charge is 0.306 e. The van der Waals surface area contributed by atoms with E-state index < -0.39 is 5.54 Å². The Hall–Kier alpha value is -0.670. The number of rotatable bonds is 6. The fraction of sp³-hybridized carbons (Fsp3) is 0.615. The molecule has 0 aromatic carbocycles. The van der Waals surface area contributed by atoms with Crippen molar-refractivity contribution >= 4 is 17.1 Å². The van der Waals surface area contributed by atoms with Gasteiger partial charge in [0, 0.05) is 16.2 Å². The molecule has 3 heteroatoms. The van der Waals surface area contributed by atoms with Gasteiger partial charge in [-0.1, -0.05) is 13.8 Å². The van der Waals surface area contributed by atoms with Crippen molar-refractivity contribution in [2.75, 3.05) is 6.54 Å². The molecule has 0 saturated carbocycles. The van der Waals surface area contributed by atoms with Gasteiger partial charge in [0.2, 0.25) is 0 Å². The predicted molar refractivity (Wildman–Crippen MR) is 70.2 cm³/mol. The maximum absolute atomic E-state index is 12.1. The van der Waals surface area contributed by atoms with E-state index in [4.69, 9.17) is 0 Å². The molecule has 0 atom stereocenters. The topological polar surface area (TPSA) is 29.1 Å². The lowest BCUT2D eigenvalue weighted by Gasteiger charge is -2.23. The van der Waals surface area contributed by atoms with Crippen LogP contribution < -0.4 is 5.32 Å². The monoisotopic (exact) mass is 239 g/mol. The Morgan fingerprint density at radius 3 is 2.44 bits per heavy atom. The summed E-state index contributed by atoms with van der Waals surface area (Å²) in [6.45, 7) is 8.89. The Morgan fingerprint density at radius 1 is 1.31 bits per heavy atom. The zero-order chi connectivity index (χ0) is 12.2. The van der Waals surface area contributed by atoms with E-state index in [0.29, 0.717) is 6.42 Å². The Morgan fingerprint density at radius 2 is 1.94 bits per heavy atom. The van der Waals surface area contributed by atoms with Crippen LogP contribution in [0, 0.1) is 0 Å². The van der Waals surface area contributed by atoms with Crippen molar-refractivity contribution in [3.63, 3.8) is 0 Å². The van der Waals surface area contributed by atoms with Gasteiger partial charge in [0.25, 0.3) is 0 Å². The summed E-state index contributed by atoms with van der Waals surface area (Å²) in [6, 6.07) is 4.19. The molecule has 0 spiro atoms. The van der Waals surface area contributed by atoms with Crippen LogP contribution >= 0.6 is 11.3 Å². The molecule has 0 unspecified atom stereocenters. The summed E-state index contributed by atoms with van der Waals surface area (Å²) in [7, 11) is 0. The Kier molecular flexibility index (Phi) is 4.69. The average Bonchev–Trinajstić information content (AvgIpc) is 2.65. The highest BCUT2D eigenvalue weighted by Crippen LogP contribution is 2.19. The molecule has 0 saturated heterocycles. The predicted octanol–water partition coefficient (Wildman–Crippen LogP) is 2.81. The van der Waals surface area contributed by atoms with Crippen LogP contribution in [0.1, 0.15) is 37.4 Å². The average molecular weight is 239 g/mol. The summed E-state index contributed by atoms with van der Waals surface area (Å²) in [6.07, 6.45) is 1.60. The molecule has 1 rings (SSSR count). The molecular formula is C13H21NOS. The minimum atomic E-state index is -0.412. The zero-order valence-electron chi connectivity index (χ0n) is 10.6. The molecule has 16 heavy (non-hydrogen) atoms. The molecule has 1 aromatic heterocycles. The van der Waals surface area contributed by atoms with Gasteiger partial charge < -0.3 is 5.32 Å². The second-order valence-corrected chi connectivity index (χ2v) is 5.73. The summed E-state index contributed by atoms with van der Waals surface area (Å²) in [5, 5.41) is 3.22. The summed E-state index contributed by atoms with van der Waals surface area (Å²) in [5.41, 5.74) is -0.412. The van der Waals surface area contributed by atoms with Crippen LogP contribution in [0.4, 0.5) is 0 Å². The van der Waals surface area contributed by atoms with Crippen LogP contribution in [0.5, 0.6) is 0 Å². The Labute approximate surface area is 102 Å². The van der Waals surface area contributed by atoms with Gasteiger partial charge in [-0.3, -0.25) is 4.79 Å². The highest BCUT2D eigenvalue weighted by atomic mass is 32.1. The standard InChI is InChI=1S/C13H21NOS/c1-5-10-7-8-11(16-10)9-12(15)13(3,4)14-6-2/h7-8,14H,5-6,9H2,1-4H3. The number of hydrogen-bond donors (Lipinski definition) is 1.